The summed E-state index contributed by atoms with van der Waals surface area (Å²) in [5.41, 5.74) is -1.91. The molecule has 0 saturated heterocycles. The summed E-state index contributed by atoms with van der Waals surface area (Å²) in [6.07, 6.45) is -5.24. The van der Waals surface area contributed by atoms with E-state index in [1.165, 1.54) is 0 Å². The molecule has 0 aliphatic heterocycles. The first-order valence-corrected chi connectivity index (χ1v) is 3.55. The number of hydrogen-bond acceptors (Lipinski definition) is 2. The Morgan fingerprint density at radius 3 is 1.69 bits per heavy atom. The predicted octanol–water partition coefficient (Wildman–Crippen LogP) is 2.88. The van der Waals surface area contributed by atoms with Crippen LogP contribution in [-0.4, -0.2) is 11.4 Å². The summed E-state index contributed by atoms with van der Waals surface area (Å²) >= 11 is 0. The van der Waals surface area contributed by atoms with Crippen LogP contribution in [0.1, 0.15) is 0 Å². The normalized spacial score (nSPS) is 11.7. The Kier molecular flexibility index (Phi) is 2.89. The Bertz CT molecular complexity index is 399. The van der Waals surface area contributed by atoms with Gasteiger partial charge in [0.1, 0.15) is 5.69 Å². The summed E-state index contributed by atoms with van der Waals surface area (Å²) < 4.78 is 85.4. The van der Waals surface area contributed by atoms with Crippen LogP contribution in [0.25, 0.3) is 0 Å². The maximum absolute atomic E-state index is 12.7. The van der Waals surface area contributed by atoms with Crippen LogP contribution in [-0.2, 0) is 0 Å². The molecule has 1 aromatic rings. The van der Waals surface area contributed by atoms with Crippen LogP contribution < -0.4 is 5.32 Å². The Labute approximate surface area is 83.3 Å². The summed E-state index contributed by atoms with van der Waals surface area (Å²) in [5.74, 6) is -11.5. The average molecular weight is 249 g/mol. The third-order valence-electron chi connectivity index (χ3n) is 1.51. The second-order valence-corrected chi connectivity index (χ2v) is 2.60. The van der Waals surface area contributed by atoms with E-state index < -0.39 is 41.0 Å². The first-order chi connectivity index (χ1) is 7.15. The van der Waals surface area contributed by atoms with Crippen molar-refractivity contribution in [3.8, 4) is 5.75 Å². The molecule has 0 unspecified atom stereocenters. The number of nitrogens with one attached hydrogen (secondary N) is 1. The molecule has 0 amide bonds. The highest BCUT2D eigenvalue weighted by atomic mass is 19.4. The van der Waals surface area contributed by atoms with Gasteiger partial charge in [-0.25, -0.2) is 13.2 Å². The Hall–Kier alpha value is -1.67. The fraction of sp³-hybridized carbons (Fsp3) is 0.143. The van der Waals surface area contributed by atoms with Gasteiger partial charge in [-0.3, -0.25) is 5.32 Å². The van der Waals surface area contributed by atoms with Crippen molar-refractivity contribution in [3.63, 3.8) is 0 Å². The number of anilines is 1. The van der Waals surface area contributed by atoms with E-state index in [4.69, 9.17) is 5.11 Å². The first kappa shape index (κ1) is 12.4. The third kappa shape index (κ3) is 2.12. The molecule has 2 N–H and O–H groups in total. The maximum atomic E-state index is 12.7. The van der Waals surface area contributed by atoms with Crippen molar-refractivity contribution in [1.82, 2.24) is 0 Å². The minimum atomic E-state index is -5.24. The molecule has 0 aliphatic rings. The van der Waals surface area contributed by atoms with Crippen molar-refractivity contribution in [2.24, 2.45) is 0 Å². The summed E-state index contributed by atoms with van der Waals surface area (Å²) in [7, 11) is 0. The van der Waals surface area contributed by atoms with Crippen molar-refractivity contribution in [2.45, 2.75) is 6.30 Å². The van der Waals surface area contributed by atoms with E-state index in [2.05, 4.69) is 0 Å². The Balaban J connectivity index is 3.40. The van der Waals surface area contributed by atoms with Gasteiger partial charge < -0.3 is 5.11 Å². The van der Waals surface area contributed by atoms with Gasteiger partial charge in [0.25, 0.3) is 0 Å². The standard InChI is InChI=1S/C7H2F7NO/c8-1-2(9)4(11)6(16)5(3(1)10)15-7(12,13)14/h15-16H. The van der Waals surface area contributed by atoms with E-state index in [1.54, 1.807) is 0 Å². The second kappa shape index (κ2) is 3.72. The molecular formula is C7H2F7NO. The van der Waals surface area contributed by atoms with E-state index >= 15 is 0 Å². The summed E-state index contributed by atoms with van der Waals surface area (Å²) in [6.45, 7) is 0. The number of benzene rings is 1. The molecule has 0 spiro atoms. The number of phenols is 1. The number of phenolic OH excluding ortho intramolecular Hbond substituents is 1. The smallest absolute Gasteiger partial charge is 0.482 e. The molecule has 0 heterocycles. The SMILES string of the molecule is Oc1c(F)c(F)c(F)c(F)c1NC(F)(F)F. The van der Waals surface area contributed by atoms with Crippen LogP contribution in [0, 0.1) is 23.3 Å². The molecule has 2 nitrogen and oxygen atoms in total. The highest BCUT2D eigenvalue weighted by Crippen LogP contribution is 2.36. The maximum Gasteiger partial charge on any atom is 0.482 e. The molecule has 1 aromatic carbocycles. The monoisotopic (exact) mass is 249 g/mol. The fourth-order valence-corrected chi connectivity index (χ4v) is 0.876. The zero-order valence-corrected chi connectivity index (χ0v) is 7.09. The third-order valence-corrected chi connectivity index (χ3v) is 1.51. The van der Waals surface area contributed by atoms with Crippen molar-refractivity contribution >= 4 is 5.69 Å². The second-order valence-electron chi connectivity index (χ2n) is 2.60. The van der Waals surface area contributed by atoms with Gasteiger partial charge in [-0.15, -0.1) is 0 Å². The number of aromatic hydroxyl groups is 1. The highest BCUT2D eigenvalue weighted by molar-refractivity contribution is 5.58. The van der Waals surface area contributed by atoms with Crippen LogP contribution >= 0.6 is 0 Å². The number of hydrogen-bond donors (Lipinski definition) is 2. The summed E-state index contributed by atoms with van der Waals surface area (Å²) in [6, 6.07) is 0. The molecule has 0 aliphatic carbocycles. The molecule has 16 heavy (non-hydrogen) atoms. The van der Waals surface area contributed by atoms with Crippen molar-refractivity contribution in [2.75, 3.05) is 5.32 Å². The Morgan fingerprint density at radius 2 is 1.25 bits per heavy atom. The lowest BCUT2D eigenvalue weighted by Gasteiger charge is -2.13. The van der Waals surface area contributed by atoms with Gasteiger partial charge in [-0.1, -0.05) is 0 Å². The minimum Gasteiger partial charge on any atom is -0.503 e. The van der Waals surface area contributed by atoms with Crippen molar-refractivity contribution in [1.29, 1.82) is 0 Å². The zero-order valence-electron chi connectivity index (χ0n) is 7.09. The highest BCUT2D eigenvalue weighted by Gasteiger charge is 2.34. The molecule has 0 saturated carbocycles. The molecule has 0 bridgehead atoms. The molecular weight excluding hydrogens is 247 g/mol. The van der Waals surface area contributed by atoms with E-state index in [1.807, 2.05) is 0 Å². The molecule has 0 fully saturated rings. The lowest BCUT2D eigenvalue weighted by atomic mass is 10.2. The largest absolute Gasteiger partial charge is 0.503 e. The predicted molar refractivity (Wildman–Crippen MR) is 37.6 cm³/mol. The number of alkyl halides is 3. The topological polar surface area (TPSA) is 32.3 Å². The van der Waals surface area contributed by atoms with Crippen LogP contribution in [0.15, 0.2) is 0 Å². The van der Waals surface area contributed by atoms with E-state index in [0.717, 1.165) is 0 Å². The minimum absolute atomic E-state index is 0.355. The van der Waals surface area contributed by atoms with Crippen molar-refractivity contribution in [3.05, 3.63) is 23.3 Å². The number of rotatable bonds is 1. The van der Waals surface area contributed by atoms with E-state index in [9.17, 15) is 30.7 Å². The van der Waals surface area contributed by atoms with E-state index in [-0.39, 0.29) is 0 Å². The van der Waals surface area contributed by atoms with Gasteiger partial charge in [0.15, 0.2) is 17.4 Å². The molecule has 90 valence electrons. The van der Waals surface area contributed by atoms with Gasteiger partial charge in [0, 0.05) is 0 Å². The molecule has 0 aromatic heterocycles. The van der Waals surface area contributed by atoms with Gasteiger partial charge in [0.2, 0.25) is 11.6 Å². The molecule has 9 heteroatoms. The quantitative estimate of drug-likeness (QED) is 0.264. The van der Waals surface area contributed by atoms with Gasteiger partial charge in [0.05, 0.1) is 0 Å². The molecule has 0 radical (unpaired) electrons. The van der Waals surface area contributed by atoms with Crippen LogP contribution in [0.5, 0.6) is 5.75 Å². The van der Waals surface area contributed by atoms with Crippen LogP contribution in [0.3, 0.4) is 0 Å². The van der Waals surface area contributed by atoms with E-state index in [0.29, 0.717) is 5.32 Å². The van der Waals surface area contributed by atoms with Crippen LogP contribution in [0.2, 0.25) is 0 Å². The lowest BCUT2D eigenvalue weighted by molar-refractivity contribution is -0.100. The van der Waals surface area contributed by atoms with Crippen LogP contribution in [0.4, 0.5) is 36.4 Å². The number of halogens is 7. The zero-order chi connectivity index (χ0) is 12.7. The Morgan fingerprint density at radius 1 is 0.812 bits per heavy atom. The summed E-state index contributed by atoms with van der Waals surface area (Å²) in [5, 5.41) is 9.02. The van der Waals surface area contributed by atoms with Gasteiger partial charge in [-0.2, -0.15) is 17.6 Å². The van der Waals surface area contributed by atoms with Crippen molar-refractivity contribution < 1.29 is 35.8 Å². The first-order valence-electron chi connectivity index (χ1n) is 3.55. The van der Waals surface area contributed by atoms with Gasteiger partial charge in [-0.05, 0) is 0 Å². The summed E-state index contributed by atoms with van der Waals surface area (Å²) in [4.78, 5) is 0. The molecule has 0 atom stereocenters. The molecule has 1 rings (SSSR count). The fourth-order valence-electron chi connectivity index (χ4n) is 0.876. The average Bonchev–Trinajstić information content (AvgIpc) is 2.17. The lowest BCUT2D eigenvalue weighted by Crippen LogP contribution is -2.22. The van der Waals surface area contributed by atoms with Gasteiger partial charge >= 0.3 is 6.30 Å².